The molecule has 2 saturated heterocycles. The van der Waals surface area contributed by atoms with Crippen molar-refractivity contribution >= 4 is 29.6 Å². The van der Waals surface area contributed by atoms with E-state index in [-0.39, 0.29) is 29.9 Å². The highest BCUT2D eigenvalue weighted by atomic mass is 32.2. The summed E-state index contributed by atoms with van der Waals surface area (Å²) >= 11 is 1.90. The lowest BCUT2D eigenvalue weighted by Gasteiger charge is -2.16. The molecular weight excluding hydrogens is 404 g/mol. The van der Waals surface area contributed by atoms with Crippen LogP contribution in [0.25, 0.3) is 0 Å². The Morgan fingerprint density at radius 3 is 2.90 bits per heavy atom. The number of urea groups is 1. The van der Waals surface area contributed by atoms with Crippen LogP contribution in [0.15, 0.2) is 24.3 Å². The smallest absolute Gasteiger partial charge is 0.315 e. The second kappa shape index (κ2) is 11.2. The first-order valence-corrected chi connectivity index (χ1v) is 11.5. The zero-order valence-corrected chi connectivity index (χ0v) is 18.1. The van der Waals surface area contributed by atoms with E-state index in [1.807, 2.05) is 30.0 Å². The predicted octanol–water partition coefficient (Wildman–Crippen LogP) is 1.40. The van der Waals surface area contributed by atoms with Crippen molar-refractivity contribution in [3.8, 4) is 0 Å². The lowest BCUT2D eigenvalue weighted by molar-refractivity contribution is -0.121. The van der Waals surface area contributed by atoms with Crippen LogP contribution >= 0.6 is 11.8 Å². The van der Waals surface area contributed by atoms with Crippen molar-refractivity contribution in [1.82, 2.24) is 21.3 Å². The standard InChI is InChI=1S/C21H30N4O4S/c1-22-20(27)15-7-3-2-6-14(15)12-29-11-10-23-18(26)9-5-4-8-17-19-16(13-30-17)24-21(28)25-19/h2-3,6-7,16-17,19H,4-5,8-13H2,1H3,(H,22,27)(H,23,26)(H2,24,25,28)/t16-,17-,19-/m1/s1. The fourth-order valence-corrected chi connectivity index (χ4v) is 5.35. The monoisotopic (exact) mass is 434 g/mol. The Kier molecular flexibility index (Phi) is 8.39. The Labute approximate surface area is 181 Å². The van der Waals surface area contributed by atoms with Gasteiger partial charge in [-0.15, -0.1) is 0 Å². The number of benzene rings is 1. The molecule has 3 rings (SSSR count). The number of thioether (sulfide) groups is 1. The number of amides is 4. The van der Waals surface area contributed by atoms with Crippen molar-refractivity contribution in [3.63, 3.8) is 0 Å². The number of hydrogen-bond acceptors (Lipinski definition) is 5. The minimum Gasteiger partial charge on any atom is -0.375 e. The highest BCUT2D eigenvalue weighted by molar-refractivity contribution is 8.00. The first kappa shape index (κ1) is 22.4. The van der Waals surface area contributed by atoms with Crippen molar-refractivity contribution in [2.45, 2.75) is 49.6 Å². The lowest BCUT2D eigenvalue weighted by Crippen LogP contribution is -2.36. The maximum Gasteiger partial charge on any atom is 0.315 e. The number of unbranched alkanes of at least 4 members (excludes halogenated alkanes) is 1. The topological polar surface area (TPSA) is 109 Å². The van der Waals surface area contributed by atoms with Gasteiger partial charge in [-0.05, 0) is 24.5 Å². The van der Waals surface area contributed by atoms with E-state index < -0.39 is 0 Å². The van der Waals surface area contributed by atoms with Crippen molar-refractivity contribution < 1.29 is 19.1 Å². The Hall–Kier alpha value is -2.26. The molecule has 0 bridgehead atoms. The molecule has 1 aromatic rings. The summed E-state index contributed by atoms with van der Waals surface area (Å²) in [4.78, 5) is 35.2. The normalized spacial score (nSPS) is 22.2. The second-order valence-corrected chi connectivity index (χ2v) is 8.78. The number of ether oxygens (including phenoxy) is 1. The molecule has 4 N–H and O–H groups in total. The summed E-state index contributed by atoms with van der Waals surface area (Å²) in [6.07, 6.45) is 3.31. The molecule has 2 fully saturated rings. The minimum atomic E-state index is -0.138. The molecule has 0 aliphatic carbocycles. The molecule has 0 unspecified atom stereocenters. The van der Waals surface area contributed by atoms with Crippen molar-refractivity contribution in [2.75, 3.05) is 26.0 Å². The molecule has 9 heteroatoms. The summed E-state index contributed by atoms with van der Waals surface area (Å²) in [5.74, 6) is 0.847. The largest absolute Gasteiger partial charge is 0.375 e. The van der Waals surface area contributed by atoms with Gasteiger partial charge in [0, 0.05) is 36.6 Å². The highest BCUT2D eigenvalue weighted by Gasteiger charge is 2.42. The molecular formula is C21H30N4O4S. The number of carbonyl (C=O) groups excluding carboxylic acids is 3. The van der Waals surface area contributed by atoms with E-state index in [1.54, 1.807) is 13.1 Å². The number of rotatable bonds is 11. The summed E-state index contributed by atoms with van der Waals surface area (Å²) in [6, 6.07) is 7.73. The fraction of sp³-hybridized carbons (Fsp3) is 0.571. The maximum atomic E-state index is 12.0. The van der Waals surface area contributed by atoms with Gasteiger partial charge in [0.05, 0.1) is 25.3 Å². The Balaban J connectivity index is 1.24. The van der Waals surface area contributed by atoms with Crippen molar-refractivity contribution in [3.05, 3.63) is 35.4 Å². The van der Waals surface area contributed by atoms with E-state index in [1.165, 1.54) is 0 Å². The zero-order valence-electron chi connectivity index (χ0n) is 17.2. The van der Waals surface area contributed by atoms with Crippen LogP contribution in [0.2, 0.25) is 0 Å². The Morgan fingerprint density at radius 1 is 1.23 bits per heavy atom. The van der Waals surface area contributed by atoms with Crippen LogP contribution in [0, 0.1) is 0 Å². The van der Waals surface area contributed by atoms with Crippen LogP contribution in [0.4, 0.5) is 4.79 Å². The van der Waals surface area contributed by atoms with Crippen LogP contribution in [0.5, 0.6) is 0 Å². The molecule has 0 radical (unpaired) electrons. The molecule has 0 spiro atoms. The quantitative estimate of drug-likeness (QED) is 0.311. The zero-order chi connectivity index (χ0) is 21.3. The number of hydrogen-bond donors (Lipinski definition) is 4. The summed E-state index contributed by atoms with van der Waals surface area (Å²) < 4.78 is 5.61. The number of nitrogens with one attached hydrogen (secondary N) is 4. The molecule has 2 aliphatic heterocycles. The maximum absolute atomic E-state index is 12.0. The third kappa shape index (κ3) is 6.12. The van der Waals surface area contributed by atoms with Crippen LogP contribution in [0.1, 0.15) is 41.6 Å². The summed E-state index contributed by atoms with van der Waals surface area (Å²) in [7, 11) is 1.60. The summed E-state index contributed by atoms with van der Waals surface area (Å²) in [5, 5.41) is 11.9. The molecule has 8 nitrogen and oxygen atoms in total. The number of carbonyl (C=O) groups is 3. The molecule has 0 saturated carbocycles. The van der Waals surface area contributed by atoms with Crippen molar-refractivity contribution in [2.24, 2.45) is 0 Å². The third-order valence-corrected chi connectivity index (χ3v) is 6.90. The van der Waals surface area contributed by atoms with Crippen LogP contribution in [0.3, 0.4) is 0 Å². The Morgan fingerprint density at radius 2 is 2.07 bits per heavy atom. The molecule has 2 aliphatic rings. The van der Waals surface area contributed by atoms with Gasteiger partial charge in [-0.3, -0.25) is 9.59 Å². The molecule has 0 aromatic heterocycles. The molecule has 30 heavy (non-hydrogen) atoms. The van der Waals surface area contributed by atoms with Crippen LogP contribution < -0.4 is 21.3 Å². The Bertz CT molecular complexity index is 760. The summed E-state index contributed by atoms with van der Waals surface area (Å²) in [5.41, 5.74) is 1.42. The third-order valence-electron chi connectivity index (χ3n) is 5.40. The van der Waals surface area contributed by atoms with E-state index in [2.05, 4.69) is 21.3 Å². The van der Waals surface area contributed by atoms with Gasteiger partial charge in [0.1, 0.15) is 0 Å². The van der Waals surface area contributed by atoms with E-state index in [4.69, 9.17) is 4.74 Å². The molecule has 3 atom stereocenters. The lowest BCUT2D eigenvalue weighted by atomic mass is 10.0. The van der Waals surface area contributed by atoms with Gasteiger partial charge < -0.3 is 26.0 Å². The second-order valence-electron chi connectivity index (χ2n) is 7.51. The fourth-order valence-electron chi connectivity index (χ4n) is 3.81. The van der Waals surface area contributed by atoms with Gasteiger partial charge in [-0.1, -0.05) is 24.6 Å². The highest BCUT2D eigenvalue weighted by Crippen LogP contribution is 2.33. The SMILES string of the molecule is CNC(=O)c1ccccc1COCCNC(=O)CCCC[C@H]1SC[C@H]2NC(=O)N[C@H]21. The van der Waals surface area contributed by atoms with Gasteiger partial charge in [-0.2, -0.15) is 11.8 Å². The van der Waals surface area contributed by atoms with Gasteiger partial charge >= 0.3 is 6.03 Å². The minimum absolute atomic E-state index is 0.0251. The number of fused-ring (bicyclic) bond motifs is 1. The molecule has 1 aromatic carbocycles. The van der Waals surface area contributed by atoms with E-state index in [0.717, 1.165) is 30.6 Å². The van der Waals surface area contributed by atoms with E-state index >= 15 is 0 Å². The average Bonchev–Trinajstić information content (AvgIpc) is 3.30. The van der Waals surface area contributed by atoms with Gasteiger partial charge in [0.25, 0.3) is 5.91 Å². The van der Waals surface area contributed by atoms with E-state index in [9.17, 15) is 14.4 Å². The first-order valence-electron chi connectivity index (χ1n) is 10.4. The van der Waals surface area contributed by atoms with Gasteiger partial charge in [0.2, 0.25) is 5.91 Å². The summed E-state index contributed by atoms with van der Waals surface area (Å²) in [6.45, 7) is 1.16. The van der Waals surface area contributed by atoms with E-state index in [0.29, 0.717) is 37.0 Å². The van der Waals surface area contributed by atoms with Gasteiger partial charge in [0.15, 0.2) is 0 Å². The van der Waals surface area contributed by atoms with Crippen LogP contribution in [-0.2, 0) is 16.1 Å². The average molecular weight is 435 g/mol. The molecule has 4 amide bonds. The van der Waals surface area contributed by atoms with Gasteiger partial charge in [-0.25, -0.2) is 4.79 Å². The predicted molar refractivity (Wildman–Crippen MR) is 116 cm³/mol. The first-order chi connectivity index (χ1) is 14.6. The van der Waals surface area contributed by atoms with Crippen molar-refractivity contribution in [1.29, 1.82) is 0 Å². The van der Waals surface area contributed by atoms with Crippen LogP contribution in [-0.4, -0.2) is 61.1 Å². The molecule has 164 valence electrons. The molecule has 2 heterocycles.